The van der Waals surface area contributed by atoms with Gasteiger partial charge in [-0.15, -0.1) is 0 Å². The number of aromatic nitrogens is 2. The van der Waals surface area contributed by atoms with Gasteiger partial charge in [0.1, 0.15) is 24.2 Å². The summed E-state index contributed by atoms with van der Waals surface area (Å²) in [6.45, 7) is 3.39. The molecular formula is C24H26FN5O2. The second-order valence-electron chi connectivity index (χ2n) is 9.14. The van der Waals surface area contributed by atoms with Crippen molar-refractivity contribution in [2.75, 3.05) is 24.6 Å². The summed E-state index contributed by atoms with van der Waals surface area (Å²) in [6, 6.07) is 7.89. The molecule has 0 spiro atoms. The summed E-state index contributed by atoms with van der Waals surface area (Å²) in [5.41, 5.74) is 1.16. The zero-order valence-electron chi connectivity index (χ0n) is 18.1. The minimum Gasteiger partial charge on any atom is -0.362 e. The molecule has 2 aromatic heterocycles. The lowest BCUT2D eigenvalue weighted by atomic mass is 9.75. The topological polar surface area (TPSA) is 82.4 Å². The monoisotopic (exact) mass is 435 g/mol. The van der Waals surface area contributed by atoms with Gasteiger partial charge in [-0.1, -0.05) is 6.92 Å². The number of carbonyl (C=O) groups is 1. The molecule has 2 aromatic rings. The number of nitrogens with zero attached hydrogens (tertiary/aromatic N) is 5. The largest absolute Gasteiger partial charge is 0.362 e. The maximum Gasteiger partial charge on any atom is 0.248 e. The SMILES string of the molecule is C[C@H]1CC2CN(C(=O)COC3(c4ccncc4F)CCC3)CC1N2c1ccnc(C#N)c1. The summed E-state index contributed by atoms with van der Waals surface area (Å²) >= 11 is 0. The molecule has 166 valence electrons. The van der Waals surface area contributed by atoms with Crippen molar-refractivity contribution in [2.24, 2.45) is 5.92 Å². The standard InChI is InChI=1S/C24H26FN5O2/c1-16-9-19-13-29(14-22(16)30(19)18-3-8-28-17(10-18)11-26)23(31)15-32-24(5-2-6-24)20-4-7-27-12-21(20)25/h3-4,7-8,10,12,16,19,22H,2,5-6,9,13-15H2,1H3/t16-,19?,22?/m0/s1. The first-order valence-electron chi connectivity index (χ1n) is 11.2. The Labute approximate surface area is 186 Å². The van der Waals surface area contributed by atoms with Gasteiger partial charge in [0.05, 0.1) is 11.8 Å². The zero-order chi connectivity index (χ0) is 22.3. The number of nitriles is 1. The average Bonchev–Trinajstić information content (AvgIpc) is 2.98. The first-order valence-corrected chi connectivity index (χ1v) is 11.2. The van der Waals surface area contributed by atoms with E-state index in [1.54, 1.807) is 18.5 Å². The Kier molecular flexibility index (Phi) is 5.30. The summed E-state index contributed by atoms with van der Waals surface area (Å²) < 4.78 is 20.4. The van der Waals surface area contributed by atoms with Gasteiger partial charge < -0.3 is 14.5 Å². The number of fused-ring (bicyclic) bond motifs is 2. The van der Waals surface area contributed by atoms with E-state index in [0.29, 0.717) is 43.1 Å². The van der Waals surface area contributed by atoms with Gasteiger partial charge in [0, 0.05) is 48.8 Å². The summed E-state index contributed by atoms with van der Waals surface area (Å²) in [5.74, 6) is -0.00235. The number of likely N-dealkylation sites (tertiary alicyclic amines) is 1. The molecule has 2 bridgehead atoms. The smallest absolute Gasteiger partial charge is 0.248 e. The average molecular weight is 436 g/mol. The summed E-state index contributed by atoms with van der Waals surface area (Å²) in [6.07, 6.45) is 7.80. The molecule has 5 rings (SSSR count). The summed E-state index contributed by atoms with van der Waals surface area (Å²) in [4.78, 5) is 25.2. The molecule has 2 aliphatic heterocycles. The van der Waals surface area contributed by atoms with Crippen LogP contribution in [0.1, 0.15) is 43.9 Å². The zero-order valence-corrected chi connectivity index (χ0v) is 18.1. The van der Waals surface area contributed by atoms with Crippen molar-refractivity contribution in [1.29, 1.82) is 5.26 Å². The fourth-order valence-corrected chi connectivity index (χ4v) is 5.50. The van der Waals surface area contributed by atoms with Crippen LogP contribution >= 0.6 is 0 Å². The predicted octanol–water partition coefficient (Wildman–Crippen LogP) is 3.01. The molecule has 3 aliphatic rings. The first kappa shape index (κ1) is 20.8. The van der Waals surface area contributed by atoms with Crippen LogP contribution in [0.25, 0.3) is 0 Å². The molecule has 32 heavy (non-hydrogen) atoms. The van der Waals surface area contributed by atoms with Crippen molar-refractivity contribution < 1.29 is 13.9 Å². The number of rotatable bonds is 5. The Hall–Kier alpha value is -3.05. The van der Waals surface area contributed by atoms with Crippen LogP contribution in [0.2, 0.25) is 0 Å². The molecule has 1 aliphatic carbocycles. The maximum atomic E-state index is 14.3. The van der Waals surface area contributed by atoms with Gasteiger partial charge >= 0.3 is 0 Å². The van der Waals surface area contributed by atoms with E-state index in [9.17, 15) is 14.4 Å². The third-order valence-electron chi connectivity index (χ3n) is 7.30. The van der Waals surface area contributed by atoms with Gasteiger partial charge in [0.15, 0.2) is 0 Å². The lowest BCUT2D eigenvalue weighted by molar-refractivity contribution is -0.155. The van der Waals surface area contributed by atoms with Crippen LogP contribution in [0.4, 0.5) is 10.1 Å². The van der Waals surface area contributed by atoms with E-state index in [0.717, 1.165) is 18.5 Å². The van der Waals surface area contributed by atoms with Crippen LogP contribution in [0, 0.1) is 23.1 Å². The molecule has 0 aromatic carbocycles. The maximum absolute atomic E-state index is 14.3. The molecule has 0 N–H and O–H groups in total. The number of carbonyl (C=O) groups excluding carboxylic acids is 1. The van der Waals surface area contributed by atoms with Crippen molar-refractivity contribution in [1.82, 2.24) is 14.9 Å². The van der Waals surface area contributed by atoms with Crippen LogP contribution in [0.15, 0.2) is 36.8 Å². The highest BCUT2D eigenvalue weighted by atomic mass is 19.1. The number of amides is 1. The van der Waals surface area contributed by atoms with E-state index >= 15 is 0 Å². The number of piperazine rings is 1. The molecule has 8 heteroatoms. The lowest BCUT2D eigenvalue weighted by Gasteiger charge is -2.44. The molecule has 2 unspecified atom stereocenters. The minimum atomic E-state index is -0.721. The molecule has 2 saturated heterocycles. The fourth-order valence-electron chi connectivity index (χ4n) is 5.50. The van der Waals surface area contributed by atoms with Crippen LogP contribution in [-0.4, -0.2) is 52.6 Å². The van der Waals surface area contributed by atoms with E-state index in [-0.39, 0.29) is 30.4 Å². The van der Waals surface area contributed by atoms with Gasteiger partial charge in [-0.05, 0) is 49.8 Å². The third kappa shape index (κ3) is 3.51. The molecule has 7 nitrogen and oxygen atoms in total. The van der Waals surface area contributed by atoms with E-state index in [1.165, 1.54) is 6.20 Å². The number of hydrogen-bond donors (Lipinski definition) is 0. The van der Waals surface area contributed by atoms with Crippen molar-refractivity contribution in [3.8, 4) is 6.07 Å². The van der Waals surface area contributed by atoms with E-state index in [4.69, 9.17) is 4.74 Å². The normalized spacial score (nSPS) is 25.8. The number of ether oxygens (including phenoxy) is 1. The molecule has 0 radical (unpaired) electrons. The van der Waals surface area contributed by atoms with Gasteiger partial charge in [0.2, 0.25) is 5.91 Å². The lowest BCUT2D eigenvalue weighted by Crippen LogP contribution is -2.57. The summed E-state index contributed by atoms with van der Waals surface area (Å²) in [5, 5.41) is 9.20. The predicted molar refractivity (Wildman–Crippen MR) is 115 cm³/mol. The van der Waals surface area contributed by atoms with E-state index in [2.05, 4.69) is 27.9 Å². The Morgan fingerprint density at radius 3 is 2.88 bits per heavy atom. The van der Waals surface area contributed by atoms with E-state index in [1.807, 2.05) is 17.0 Å². The summed E-state index contributed by atoms with van der Waals surface area (Å²) in [7, 11) is 0. The molecule has 3 atom stereocenters. The molecule has 1 amide bonds. The first-order chi connectivity index (χ1) is 15.5. The Bertz CT molecular complexity index is 1070. The quantitative estimate of drug-likeness (QED) is 0.718. The molecule has 4 heterocycles. The Balaban J connectivity index is 1.28. The Morgan fingerprint density at radius 2 is 2.19 bits per heavy atom. The number of anilines is 1. The second-order valence-corrected chi connectivity index (χ2v) is 9.14. The van der Waals surface area contributed by atoms with Crippen molar-refractivity contribution in [3.05, 3.63) is 53.9 Å². The van der Waals surface area contributed by atoms with Gasteiger partial charge in [0.25, 0.3) is 0 Å². The van der Waals surface area contributed by atoms with Gasteiger partial charge in [-0.25, -0.2) is 9.37 Å². The molecule has 3 fully saturated rings. The number of halogens is 1. The fraction of sp³-hybridized carbons (Fsp3) is 0.500. The third-order valence-corrected chi connectivity index (χ3v) is 7.30. The van der Waals surface area contributed by atoms with Gasteiger partial charge in [-0.2, -0.15) is 5.26 Å². The second kappa shape index (κ2) is 8.14. The van der Waals surface area contributed by atoms with Crippen molar-refractivity contribution in [2.45, 2.75) is 50.3 Å². The number of hydrogen-bond acceptors (Lipinski definition) is 6. The molecule has 1 saturated carbocycles. The molecular weight excluding hydrogens is 409 g/mol. The van der Waals surface area contributed by atoms with E-state index < -0.39 is 5.60 Å². The van der Waals surface area contributed by atoms with Crippen molar-refractivity contribution in [3.63, 3.8) is 0 Å². The van der Waals surface area contributed by atoms with Crippen LogP contribution in [-0.2, 0) is 15.1 Å². The highest BCUT2D eigenvalue weighted by molar-refractivity contribution is 5.78. The van der Waals surface area contributed by atoms with Crippen LogP contribution in [0.3, 0.4) is 0 Å². The van der Waals surface area contributed by atoms with Gasteiger partial charge in [-0.3, -0.25) is 9.78 Å². The highest BCUT2D eigenvalue weighted by Gasteiger charge is 2.47. The highest BCUT2D eigenvalue weighted by Crippen LogP contribution is 2.45. The minimum absolute atomic E-state index is 0.0522. The van der Waals surface area contributed by atoms with Crippen molar-refractivity contribution >= 4 is 11.6 Å². The van der Waals surface area contributed by atoms with Crippen LogP contribution < -0.4 is 4.90 Å². The number of pyridine rings is 2. The Morgan fingerprint density at radius 1 is 1.34 bits per heavy atom. The van der Waals surface area contributed by atoms with Crippen LogP contribution in [0.5, 0.6) is 0 Å².